The lowest BCUT2D eigenvalue weighted by molar-refractivity contribution is -0.141. The second kappa shape index (κ2) is 6.33. The molecule has 0 spiro atoms. The predicted octanol–water partition coefficient (Wildman–Crippen LogP) is 2.26. The summed E-state index contributed by atoms with van der Waals surface area (Å²) >= 11 is 0. The molecule has 0 aromatic carbocycles. The van der Waals surface area contributed by atoms with Crippen molar-refractivity contribution in [3.63, 3.8) is 0 Å². The summed E-state index contributed by atoms with van der Waals surface area (Å²) in [6, 6.07) is 4.41. The second-order valence-corrected chi connectivity index (χ2v) is 6.82. The predicted molar refractivity (Wildman–Crippen MR) is 89.8 cm³/mol. The van der Waals surface area contributed by atoms with Crippen LogP contribution in [0.2, 0.25) is 0 Å². The Labute approximate surface area is 153 Å². The van der Waals surface area contributed by atoms with E-state index >= 15 is 0 Å². The monoisotopic (exact) mass is 375 g/mol. The van der Waals surface area contributed by atoms with Crippen LogP contribution in [-0.4, -0.2) is 45.1 Å². The van der Waals surface area contributed by atoms with E-state index in [0.717, 1.165) is 18.7 Å². The van der Waals surface area contributed by atoms with Crippen LogP contribution in [0.25, 0.3) is 0 Å². The van der Waals surface area contributed by atoms with Gasteiger partial charge < -0.3 is 9.80 Å². The third-order valence-electron chi connectivity index (χ3n) is 5.09. The molecule has 0 amide bonds. The number of nitriles is 1. The zero-order valence-electron chi connectivity index (χ0n) is 14.4. The van der Waals surface area contributed by atoms with Crippen molar-refractivity contribution >= 4 is 11.9 Å². The Balaban J connectivity index is 1.60. The maximum absolute atomic E-state index is 13.0. The van der Waals surface area contributed by atoms with Gasteiger partial charge in [0.2, 0.25) is 11.9 Å². The highest BCUT2D eigenvalue weighted by Gasteiger charge is 2.47. The average Bonchev–Trinajstić information content (AvgIpc) is 3.17. The van der Waals surface area contributed by atoms with E-state index in [1.54, 1.807) is 0 Å². The van der Waals surface area contributed by atoms with Crippen LogP contribution < -0.4 is 9.80 Å². The van der Waals surface area contributed by atoms with Gasteiger partial charge in [0.1, 0.15) is 17.5 Å². The lowest BCUT2D eigenvalue weighted by Gasteiger charge is -2.29. The summed E-state index contributed by atoms with van der Waals surface area (Å²) in [6.07, 6.45) is -1.01. The van der Waals surface area contributed by atoms with E-state index in [2.05, 4.69) is 19.9 Å². The van der Waals surface area contributed by atoms with Crippen LogP contribution in [0.4, 0.5) is 25.1 Å². The average molecular weight is 375 g/mol. The number of nitrogens with zero attached hydrogens (tertiary/aromatic N) is 7. The van der Waals surface area contributed by atoms with Crippen molar-refractivity contribution in [1.82, 2.24) is 19.9 Å². The Kier molecular flexibility index (Phi) is 4.09. The molecule has 2 aromatic heterocycles. The summed E-state index contributed by atoms with van der Waals surface area (Å²) in [7, 11) is 0. The molecule has 2 aliphatic heterocycles. The summed E-state index contributed by atoms with van der Waals surface area (Å²) in [5.41, 5.74) is -0.661. The molecular formula is C17H16F3N7. The first kappa shape index (κ1) is 17.5. The fourth-order valence-electron chi connectivity index (χ4n) is 3.98. The maximum Gasteiger partial charge on any atom is 0.433 e. The van der Waals surface area contributed by atoms with Gasteiger partial charge in [-0.15, -0.1) is 0 Å². The number of alkyl halides is 3. The zero-order chi connectivity index (χ0) is 19.2. The molecule has 2 saturated heterocycles. The largest absolute Gasteiger partial charge is 0.433 e. The summed E-state index contributed by atoms with van der Waals surface area (Å²) in [5.74, 6) is 0.798. The lowest BCUT2D eigenvalue weighted by atomic mass is 10.0. The molecule has 0 aliphatic carbocycles. The summed E-state index contributed by atoms with van der Waals surface area (Å²) in [4.78, 5) is 20.1. The minimum Gasteiger partial charge on any atom is -0.338 e. The molecule has 2 aliphatic rings. The maximum atomic E-state index is 13.0. The summed E-state index contributed by atoms with van der Waals surface area (Å²) in [6.45, 7) is 3.20. The molecular weight excluding hydrogens is 359 g/mol. The normalized spacial score (nSPS) is 24.8. The van der Waals surface area contributed by atoms with Crippen molar-refractivity contribution in [2.75, 3.05) is 22.9 Å². The Morgan fingerprint density at radius 2 is 1.85 bits per heavy atom. The second-order valence-electron chi connectivity index (χ2n) is 6.82. The van der Waals surface area contributed by atoms with Gasteiger partial charge in [-0.3, -0.25) is 0 Å². The number of hydrogen-bond acceptors (Lipinski definition) is 7. The van der Waals surface area contributed by atoms with Crippen LogP contribution in [0, 0.1) is 17.2 Å². The minimum absolute atomic E-state index is 0.0298. The molecule has 2 aromatic rings. The van der Waals surface area contributed by atoms with Gasteiger partial charge in [-0.25, -0.2) is 19.9 Å². The molecule has 4 heterocycles. The van der Waals surface area contributed by atoms with Crippen LogP contribution in [0.5, 0.6) is 0 Å². The number of aromatic nitrogens is 4. The third kappa shape index (κ3) is 3.13. The first-order valence-electron chi connectivity index (χ1n) is 8.53. The smallest absolute Gasteiger partial charge is 0.338 e. The van der Waals surface area contributed by atoms with E-state index in [0.29, 0.717) is 19.0 Å². The van der Waals surface area contributed by atoms with Crippen molar-refractivity contribution < 1.29 is 13.2 Å². The highest BCUT2D eigenvalue weighted by Crippen LogP contribution is 2.39. The minimum atomic E-state index is -4.51. The molecule has 2 fully saturated rings. The summed E-state index contributed by atoms with van der Waals surface area (Å²) in [5, 5.41) is 9.01. The number of rotatable bonds is 2. The van der Waals surface area contributed by atoms with Crippen molar-refractivity contribution in [3.8, 4) is 6.07 Å². The molecule has 3 atom stereocenters. The van der Waals surface area contributed by atoms with E-state index in [-0.39, 0.29) is 29.6 Å². The SMILES string of the molecule is CC1CC2CN(c3nccc(C#N)n3)CC2N1c1nccc(C(F)(F)F)n1. The highest BCUT2D eigenvalue weighted by atomic mass is 19.4. The van der Waals surface area contributed by atoms with Gasteiger partial charge in [0.05, 0.1) is 6.04 Å². The van der Waals surface area contributed by atoms with E-state index in [4.69, 9.17) is 5.26 Å². The van der Waals surface area contributed by atoms with Crippen molar-refractivity contribution in [2.24, 2.45) is 5.92 Å². The lowest BCUT2D eigenvalue weighted by Crippen LogP contribution is -2.40. The Morgan fingerprint density at radius 3 is 2.59 bits per heavy atom. The summed E-state index contributed by atoms with van der Waals surface area (Å²) < 4.78 is 39.0. The fourth-order valence-corrected chi connectivity index (χ4v) is 3.98. The van der Waals surface area contributed by atoms with E-state index in [9.17, 15) is 13.2 Å². The van der Waals surface area contributed by atoms with Crippen LogP contribution in [-0.2, 0) is 6.18 Å². The Morgan fingerprint density at radius 1 is 1.11 bits per heavy atom. The van der Waals surface area contributed by atoms with E-state index in [1.165, 1.54) is 12.3 Å². The first-order chi connectivity index (χ1) is 12.9. The molecule has 0 saturated carbocycles. The van der Waals surface area contributed by atoms with Crippen LogP contribution in [0.15, 0.2) is 24.5 Å². The molecule has 27 heavy (non-hydrogen) atoms. The van der Waals surface area contributed by atoms with Gasteiger partial charge in [-0.2, -0.15) is 18.4 Å². The number of fused-ring (bicyclic) bond motifs is 1. The molecule has 3 unspecified atom stereocenters. The van der Waals surface area contributed by atoms with Crippen molar-refractivity contribution in [3.05, 3.63) is 35.9 Å². The Hall–Kier alpha value is -2.96. The van der Waals surface area contributed by atoms with Crippen molar-refractivity contribution in [2.45, 2.75) is 31.6 Å². The molecule has 4 rings (SSSR count). The number of hydrogen-bond donors (Lipinski definition) is 0. The van der Waals surface area contributed by atoms with Gasteiger partial charge in [0.25, 0.3) is 0 Å². The van der Waals surface area contributed by atoms with Gasteiger partial charge in [-0.05, 0) is 25.5 Å². The molecule has 0 bridgehead atoms. The fraction of sp³-hybridized carbons (Fsp3) is 0.471. The number of anilines is 2. The molecule has 0 N–H and O–H groups in total. The van der Waals surface area contributed by atoms with Crippen molar-refractivity contribution in [1.29, 1.82) is 5.26 Å². The molecule has 10 heteroatoms. The highest BCUT2D eigenvalue weighted by molar-refractivity contribution is 5.44. The van der Waals surface area contributed by atoms with Gasteiger partial charge in [0.15, 0.2) is 0 Å². The third-order valence-corrected chi connectivity index (χ3v) is 5.09. The molecule has 140 valence electrons. The molecule has 0 radical (unpaired) electrons. The number of halogens is 3. The zero-order valence-corrected chi connectivity index (χ0v) is 14.4. The van der Waals surface area contributed by atoms with Gasteiger partial charge >= 0.3 is 6.18 Å². The topological polar surface area (TPSA) is 81.8 Å². The standard InChI is InChI=1S/C17H16F3N7/c1-10-6-11-8-26(15-22-4-2-12(7-21)24-15)9-13(11)27(10)16-23-5-3-14(25-16)17(18,19)20/h2-5,10-11,13H,6,8-9H2,1H3. The van der Waals surface area contributed by atoms with Crippen LogP contribution >= 0.6 is 0 Å². The van der Waals surface area contributed by atoms with Crippen LogP contribution in [0.1, 0.15) is 24.7 Å². The quantitative estimate of drug-likeness (QED) is 0.796. The van der Waals surface area contributed by atoms with E-state index in [1.807, 2.05) is 22.8 Å². The Bertz CT molecular complexity index is 895. The molecule has 7 nitrogen and oxygen atoms in total. The van der Waals surface area contributed by atoms with Crippen LogP contribution in [0.3, 0.4) is 0 Å². The van der Waals surface area contributed by atoms with E-state index < -0.39 is 11.9 Å². The van der Waals surface area contributed by atoms with Gasteiger partial charge in [-0.1, -0.05) is 0 Å². The van der Waals surface area contributed by atoms with Gasteiger partial charge in [0, 0.05) is 37.4 Å². The first-order valence-corrected chi connectivity index (χ1v) is 8.53.